The molecule has 0 unspecified atom stereocenters. The van der Waals surface area contributed by atoms with Crippen LogP contribution in [0.4, 0.5) is 0 Å². The number of hydrogen-bond donors (Lipinski definition) is 2. The maximum atomic E-state index is 12.4. The monoisotopic (exact) mass is 305 g/mol. The minimum atomic E-state index is -3.55. The van der Waals surface area contributed by atoms with Gasteiger partial charge >= 0.3 is 4.87 Å². The van der Waals surface area contributed by atoms with Crippen molar-refractivity contribution in [3.8, 4) is 0 Å². The molecule has 2 heterocycles. The zero-order valence-corrected chi connectivity index (χ0v) is 12.7. The van der Waals surface area contributed by atoms with Crippen molar-refractivity contribution < 1.29 is 8.42 Å². The van der Waals surface area contributed by atoms with Gasteiger partial charge < -0.3 is 10.3 Å². The highest BCUT2D eigenvalue weighted by Gasteiger charge is 2.28. The van der Waals surface area contributed by atoms with Crippen LogP contribution < -0.4 is 10.2 Å². The zero-order chi connectivity index (χ0) is 14.0. The van der Waals surface area contributed by atoms with Crippen molar-refractivity contribution in [1.82, 2.24) is 14.6 Å². The summed E-state index contributed by atoms with van der Waals surface area (Å²) in [5, 5.41) is 3.26. The predicted molar refractivity (Wildman–Crippen MR) is 75.1 cm³/mol. The predicted octanol–water partition coefficient (Wildman–Crippen LogP) is 0.365. The quantitative estimate of drug-likeness (QED) is 0.842. The van der Waals surface area contributed by atoms with Crippen LogP contribution in [0, 0.1) is 12.8 Å². The molecule has 2 rings (SSSR count). The molecular formula is C11H19N3O3S2. The van der Waals surface area contributed by atoms with Crippen LogP contribution in [0.15, 0.2) is 9.00 Å². The summed E-state index contributed by atoms with van der Waals surface area (Å²) in [5.74, 6) is 0.386. The Morgan fingerprint density at radius 2 is 2.00 bits per heavy atom. The average molecular weight is 305 g/mol. The van der Waals surface area contributed by atoms with Crippen LogP contribution in [0.2, 0.25) is 0 Å². The fraction of sp³-hybridized carbons (Fsp3) is 0.727. The Hall–Kier alpha value is -0.700. The van der Waals surface area contributed by atoms with E-state index in [4.69, 9.17) is 0 Å². The molecular weight excluding hydrogens is 286 g/mol. The first-order valence-corrected chi connectivity index (χ1v) is 8.53. The normalized spacial score (nSPS) is 18.1. The molecule has 0 spiro atoms. The zero-order valence-electron chi connectivity index (χ0n) is 11.1. The largest absolute Gasteiger partial charge is 0.317 e. The maximum Gasteiger partial charge on any atom is 0.305 e. The lowest BCUT2D eigenvalue weighted by Gasteiger charge is -2.26. The van der Waals surface area contributed by atoms with Crippen molar-refractivity contribution in [3.05, 3.63) is 15.4 Å². The summed E-state index contributed by atoms with van der Waals surface area (Å²) in [5.41, 5.74) is 0.423. The van der Waals surface area contributed by atoms with Crippen molar-refractivity contribution in [2.24, 2.45) is 5.92 Å². The Kier molecular flexibility index (Phi) is 4.44. The number of aromatic nitrogens is 1. The van der Waals surface area contributed by atoms with E-state index < -0.39 is 10.0 Å². The van der Waals surface area contributed by atoms with Crippen molar-refractivity contribution in [2.45, 2.75) is 24.0 Å². The molecule has 1 aromatic rings. The van der Waals surface area contributed by atoms with Crippen LogP contribution in [-0.4, -0.2) is 44.4 Å². The molecule has 1 saturated heterocycles. The van der Waals surface area contributed by atoms with E-state index in [0.717, 1.165) is 37.3 Å². The van der Waals surface area contributed by atoms with E-state index in [1.807, 2.05) is 0 Å². The first-order chi connectivity index (χ1) is 8.91. The summed E-state index contributed by atoms with van der Waals surface area (Å²) in [6, 6.07) is 0. The number of sulfonamides is 1. The molecule has 0 radical (unpaired) electrons. The highest BCUT2D eigenvalue weighted by molar-refractivity contribution is 7.91. The summed E-state index contributed by atoms with van der Waals surface area (Å²) in [4.78, 5) is 13.4. The summed E-state index contributed by atoms with van der Waals surface area (Å²) >= 11 is 0.759. The summed E-state index contributed by atoms with van der Waals surface area (Å²) in [6.07, 6.45) is 1.98. The molecule has 1 aliphatic rings. The van der Waals surface area contributed by atoms with Gasteiger partial charge in [-0.2, -0.15) is 4.31 Å². The Balaban J connectivity index is 2.14. The molecule has 19 heavy (non-hydrogen) atoms. The number of piperidine rings is 1. The van der Waals surface area contributed by atoms with Gasteiger partial charge in [0, 0.05) is 19.3 Å². The summed E-state index contributed by atoms with van der Waals surface area (Å²) < 4.78 is 26.3. The fourth-order valence-electron chi connectivity index (χ4n) is 2.30. The summed E-state index contributed by atoms with van der Waals surface area (Å²) in [6.45, 7) is 4.00. The smallest absolute Gasteiger partial charge is 0.305 e. The van der Waals surface area contributed by atoms with Gasteiger partial charge in [-0.3, -0.25) is 4.79 Å². The molecule has 1 aliphatic heterocycles. The lowest BCUT2D eigenvalue weighted by Crippen LogP contribution is -2.37. The highest BCUT2D eigenvalue weighted by Crippen LogP contribution is 2.22. The molecule has 1 aromatic heterocycles. The lowest BCUT2D eigenvalue weighted by atomic mass is 9.98. The van der Waals surface area contributed by atoms with Crippen LogP contribution in [-0.2, 0) is 10.0 Å². The highest BCUT2D eigenvalue weighted by atomic mass is 32.2. The van der Waals surface area contributed by atoms with Crippen molar-refractivity contribution >= 4 is 21.4 Å². The number of hydrogen-bond acceptors (Lipinski definition) is 5. The number of H-pyrrole nitrogens is 1. The van der Waals surface area contributed by atoms with Crippen molar-refractivity contribution in [3.63, 3.8) is 0 Å². The molecule has 8 heteroatoms. The first-order valence-electron chi connectivity index (χ1n) is 6.28. The van der Waals surface area contributed by atoms with E-state index >= 15 is 0 Å². The molecule has 0 amide bonds. The molecule has 2 N–H and O–H groups in total. The molecule has 0 aromatic carbocycles. The maximum absolute atomic E-state index is 12.4. The third-order valence-corrected chi connectivity index (χ3v) is 6.81. The minimum absolute atomic E-state index is 0.133. The number of aryl methyl sites for hydroxylation is 1. The van der Waals surface area contributed by atoms with E-state index in [9.17, 15) is 13.2 Å². The number of aromatic amines is 1. The van der Waals surface area contributed by atoms with Gasteiger partial charge in [-0.05, 0) is 38.8 Å². The standard InChI is InChI=1S/C11H19N3O3S2/c1-8-10(18-11(15)13-8)19(16,17)14(2)7-9-3-5-12-6-4-9/h9,12H,3-7H2,1-2H3,(H,13,15). The van der Waals surface area contributed by atoms with Crippen LogP contribution in [0.25, 0.3) is 0 Å². The lowest BCUT2D eigenvalue weighted by molar-refractivity contribution is 0.311. The Bertz CT molecular complexity index is 585. The van der Waals surface area contributed by atoms with E-state index in [2.05, 4.69) is 10.3 Å². The molecule has 0 saturated carbocycles. The second-order valence-corrected chi connectivity index (χ2v) is 8.13. The number of thiazole rings is 1. The minimum Gasteiger partial charge on any atom is -0.317 e. The number of nitrogens with one attached hydrogen (secondary N) is 2. The van der Waals surface area contributed by atoms with Gasteiger partial charge in [-0.1, -0.05) is 11.3 Å². The molecule has 0 bridgehead atoms. The second-order valence-electron chi connectivity index (χ2n) is 4.91. The van der Waals surface area contributed by atoms with Crippen molar-refractivity contribution in [1.29, 1.82) is 0 Å². The number of rotatable bonds is 4. The molecule has 6 nitrogen and oxygen atoms in total. The molecule has 1 fully saturated rings. The van der Waals surface area contributed by atoms with Crippen LogP contribution in [0.1, 0.15) is 18.5 Å². The second kappa shape index (κ2) is 5.74. The molecule has 0 atom stereocenters. The van der Waals surface area contributed by atoms with Crippen LogP contribution in [0.3, 0.4) is 0 Å². The van der Waals surface area contributed by atoms with Gasteiger partial charge in [0.05, 0.1) is 0 Å². The van der Waals surface area contributed by atoms with Gasteiger partial charge in [-0.15, -0.1) is 0 Å². The third kappa shape index (κ3) is 3.25. The van der Waals surface area contributed by atoms with Gasteiger partial charge in [0.1, 0.15) is 0 Å². The Labute approximate surface area is 116 Å². The van der Waals surface area contributed by atoms with E-state index in [0.29, 0.717) is 18.2 Å². The van der Waals surface area contributed by atoms with Gasteiger partial charge in [-0.25, -0.2) is 8.42 Å². The van der Waals surface area contributed by atoms with Crippen molar-refractivity contribution in [2.75, 3.05) is 26.7 Å². The first kappa shape index (κ1) is 14.7. The fourth-order valence-corrected chi connectivity index (χ4v) is 5.04. The van der Waals surface area contributed by atoms with Crippen LogP contribution in [0.5, 0.6) is 0 Å². The Morgan fingerprint density at radius 1 is 1.37 bits per heavy atom. The van der Waals surface area contributed by atoms with Gasteiger partial charge in [0.25, 0.3) is 10.0 Å². The topological polar surface area (TPSA) is 82.3 Å². The van der Waals surface area contributed by atoms with E-state index in [-0.39, 0.29) is 9.08 Å². The number of nitrogens with zero attached hydrogens (tertiary/aromatic N) is 1. The van der Waals surface area contributed by atoms with Gasteiger partial charge in [0.2, 0.25) is 0 Å². The summed E-state index contributed by atoms with van der Waals surface area (Å²) in [7, 11) is -1.96. The molecule has 0 aliphatic carbocycles. The van der Waals surface area contributed by atoms with E-state index in [1.165, 1.54) is 4.31 Å². The molecule has 108 valence electrons. The Morgan fingerprint density at radius 3 is 2.53 bits per heavy atom. The third-order valence-electron chi connectivity index (χ3n) is 3.40. The van der Waals surface area contributed by atoms with E-state index in [1.54, 1.807) is 14.0 Å². The van der Waals surface area contributed by atoms with Crippen LogP contribution >= 0.6 is 11.3 Å². The van der Waals surface area contributed by atoms with Gasteiger partial charge in [0.15, 0.2) is 4.21 Å². The SMILES string of the molecule is Cc1[nH]c(=O)sc1S(=O)(=O)N(C)CC1CCNCC1. The average Bonchev–Trinajstić information content (AvgIpc) is 2.70.